The Hall–Kier alpha value is -1.63. The second kappa shape index (κ2) is 8.86. The van der Waals surface area contributed by atoms with Crippen molar-refractivity contribution < 1.29 is 35.7 Å². The van der Waals surface area contributed by atoms with E-state index in [9.17, 15) is 13.2 Å². The summed E-state index contributed by atoms with van der Waals surface area (Å²) in [6.07, 6.45) is -1.84. The van der Waals surface area contributed by atoms with E-state index < -0.39 is 56.8 Å². The maximum absolute atomic E-state index is 12.5. The number of hydrogen-bond donors (Lipinski definition) is 1. The van der Waals surface area contributed by atoms with E-state index >= 15 is 0 Å². The van der Waals surface area contributed by atoms with Gasteiger partial charge in [0.15, 0.2) is 34.2 Å². The fraction of sp³-hybridized carbons (Fsp3) is 0.722. The molecule has 0 aliphatic carbocycles. The molecule has 2 aliphatic heterocycles. The van der Waals surface area contributed by atoms with E-state index in [1.807, 2.05) is 39.3 Å². The van der Waals surface area contributed by atoms with E-state index in [2.05, 4.69) is 10.3 Å². The summed E-state index contributed by atoms with van der Waals surface area (Å²) in [5.74, 6) is -0.655. The van der Waals surface area contributed by atoms with Gasteiger partial charge in [0.25, 0.3) is 10.1 Å². The quantitative estimate of drug-likeness (QED) is 0.300. The van der Waals surface area contributed by atoms with Crippen LogP contribution in [0.2, 0.25) is 39.3 Å². The van der Waals surface area contributed by atoms with Crippen molar-refractivity contribution >= 4 is 32.7 Å². The molecule has 0 saturated carbocycles. The van der Waals surface area contributed by atoms with Crippen LogP contribution < -0.4 is 5.73 Å². The van der Waals surface area contributed by atoms with Gasteiger partial charge in [-0.05, 0) is 46.2 Å². The average Bonchev–Trinajstić information content (AvgIpc) is 3.28. The number of nitrogens with two attached hydrogens (primary N) is 1. The van der Waals surface area contributed by atoms with Crippen molar-refractivity contribution in [3.8, 4) is 0 Å². The van der Waals surface area contributed by atoms with Crippen molar-refractivity contribution in [1.29, 1.82) is 0 Å². The third-order valence-electron chi connectivity index (χ3n) is 4.89. The van der Waals surface area contributed by atoms with Crippen LogP contribution in [-0.2, 0) is 32.6 Å². The first-order valence-corrected chi connectivity index (χ1v) is 18.9. The van der Waals surface area contributed by atoms with Gasteiger partial charge in [-0.3, -0.25) is 0 Å². The number of nitrogens with zero attached hydrogens (tertiary/aromatic N) is 3. The van der Waals surface area contributed by atoms with Crippen LogP contribution in [0.4, 0.5) is 0 Å². The van der Waals surface area contributed by atoms with Gasteiger partial charge in [-0.15, -0.1) is 5.10 Å². The van der Waals surface area contributed by atoms with Gasteiger partial charge in [0.05, 0.1) is 30.5 Å². The molecular weight excluding hydrogens is 488 g/mol. The lowest BCUT2D eigenvalue weighted by molar-refractivity contribution is -0.0597. The van der Waals surface area contributed by atoms with Crippen LogP contribution in [0, 0.1) is 0 Å². The minimum atomic E-state index is -4.10. The smallest absolute Gasteiger partial charge is 0.358 e. The number of carbonyl (C=O) groups excluding carboxylic acids is 1. The lowest BCUT2D eigenvalue weighted by Crippen LogP contribution is -2.57. The Kier molecular flexibility index (Phi) is 6.98. The first kappa shape index (κ1) is 26.0. The van der Waals surface area contributed by atoms with E-state index in [1.54, 1.807) is 6.92 Å². The van der Waals surface area contributed by atoms with E-state index in [0.29, 0.717) is 0 Å². The summed E-state index contributed by atoms with van der Waals surface area (Å²) in [6, 6.07) is 0. The fourth-order valence-corrected chi connectivity index (χ4v) is 6.61. The van der Waals surface area contributed by atoms with Crippen molar-refractivity contribution in [2.75, 3.05) is 13.2 Å². The van der Waals surface area contributed by atoms with Crippen LogP contribution in [-0.4, -0.2) is 77.0 Å². The topological polar surface area (TPSA) is 154 Å². The number of rotatable bonds is 8. The standard InChI is InChI=1S/C18H32N4O8SSi2/c1-8-26-17(23)12-9-20-21-22(12)16-15(29-33(5,6)7)18(13(19)11-31(24,25)30-18)14(28-16)10-27-32(2,3)4/h9,11,14-16H,8,10,19H2,1-7H3/t14?,15-,16+,18?/m0/s1. The summed E-state index contributed by atoms with van der Waals surface area (Å²) >= 11 is 0. The van der Waals surface area contributed by atoms with Crippen LogP contribution in [0.3, 0.4) is 0 Å². The average molecular weight is 521 g/mol. The number of hydrogen-bond acceptors (Lipinski definition) is 11. The zero-order valence-corrected chi connectivity index (χ0v) is 22.7. The molecule has 15 heteroatoms. The van der Waals surface area contributed by atoms with Crippen molar-refractivity contribution in [2.24, 2.45) is 5.73 Å². The van der Waals surface area contributed by atoms with Gasteiger partial charge < -0.3 is 24.1 Å². The maximum atomic E-state index is 12.5. The zero-order chi connectivity index (χ0) is 24.8. The minimum Gasteiger partial charge on any atom is -0.461 e. The van der Waals surface area contributed by atoms with Gasteiger partial charge in [0.1, 0.15) is 12.2 Å². The second-order valence-corrected chi connectivity index (χ2v) is 20.2. The molecule has 186 valence electrons. The van der Waals surface area contributed by atoms with E-state index in [1.165, 1.54) is 10.9 Å². The lowest BCUT2D eigenvalue weighted by Gasteiger charge is -2.37. The number of aromatic nitrogens is 3. The molecule has 1 spiro atoms. The molecule has 1 aromatic heterocycles. The normalized spacial score (nSPS) is 29.4. The molecule has 1 fully saturated rings. The molecule has 0 radical (unpaired) electrons. The summed E-state index contributed by atoms with van der Waals surface area (Å²) in [4.78, 5) is 12.5. The van der Waals surface area contributed by atoms with Crippen molar-refractivity contribution in [3.05, 3.63) is 23.0 Å². The van der Waals surface area contributed by atoms with Gasteiger partial charge >= 0.3 is 5.97 Å². The highest BCUT2D eigenvalue weighted by molar-refractivity contribution is 7.90. The van der Waals surface area contributed by atoms with Crippen LogP contribution in [0.1, 0.15) is 23.6 Å². The molecule has 0 aromatic carbocycles. The van der Waals surface area contributed by atoms with Gasteiger partial charge in [0, 0.05) is 0 Å². The molecule has 2 unspecified atom stereocenters. The first-order chi connectivity index (χ1) is 15.1. The monoisotopic (exact) mass is 520 g/mol. The molecule has 4 atom stereocenters. The van der Waals surface area contributed by atoms with Gasteiger partial charge in [-0.25, -0.2) is 13.7 Å². The Morgan fingerprint density at radius 2 is 1.91 bits per heavy atom. The summed E-state index contributed by atoms with van der Waals surface area (Å²) in [5.41, 5.74) is 4.55. The van der Waals surface area contributed by atoms with Crippen molar-refractivity contribution in [3.63, 3.8) is 0 Å². The van der Waals surface area contributed by atoms with Gasteiger partial charge in [-0.1, -0.05) is 5.21 Å². The van der Waals surface area contributed by atoms with E-state index in [0.717, 1.165) is 5.41 Å². The third-order valence-corrected chi connectivity index (χ3v) is 7.93. The first-order valence-electron chi connectivity index (χ1n) is 10.6. The molecule has 0 bridgehead atoms. The third kappa shape index (κ3) is 5.39. The lowest BCUT2D eigenvalue weighted by atomic mass is 9.89. The fourth-order valence-electron chi connectivity index (χ4n) is 3.68. The second-order valence-electron chi connectivity index (χ2n) is 9.82. The molecule has 0 amide bonds. The number of esters is 1. The SMILES string of the molecule is CCOC(=O)c1cnnn1[C@@H]1OC(CO[Si](C)(C)C)C2(OS(=O)(=O)C=C2N)[C@H]1O[Si](C)(C)C. The Bertz CT molecular complexity index is 1030. The van der Waals surface area contributed by atoms with Crippen LogP contribution in [0.5, 0.6) is 0 Å². The molecule has 1 aromatic rings. The largest absolute Gasteiger partial charge is 0.461 e. The van der Waals surface area contributed by atoms with Gasteiger partial charge in [-0.2, -0.15) is 8.42 Å². The van der Waals surface area contributed by atoms with Crippen molar-refractivity contribution in [1.82, 2.24) is 15.0 Å². The summed E-state index contributed by atoms with van der Waals surface area (Å²) < 4.78 is 55.7. The molecule has 2 N–H and O–H groups in total. The molecule has 12 nitrogen and oxygen atoms in total. The predicted octanol–water partition coefficient (Wildman–Crippen LogP) is 1.32. The summed E-state index contributed by atoms with van der Waals surface area (Å²) in [6.45, 7) is 13.6. The van der Waals surface area contributed by atoms with Crippen molar-refractivity contribution in [2.45, 2.75) is 70.2 Å². The van der Waals surface area contributed by atoms with E-state index in [4.69, 9.17) is 28.2 Å². The Labute approximate surface area is 195 Å². The molecular formula is C18H32N4O8SSi2. The summed E-state index contributed by atoms with van der Waals surface area (Å²) in [7, 11) is -8.48. The Balaban J connectivity index is 2.14. The highest BCUT2D eigenvalue weighted by Crippen LogP contribution is 2.49. The number of ether oxygens (including phenoxy) is 2. The van der Waals surface area contributed by atoms with Crippen LogP contribution >= 0.6 is 0 Å². The predicted molar refractivity (Wildman–Crippen MR) is 122 cm³/mol. The van der Waals surface area contributed by atoms with Crippen LogP contribution in [0.25, 0.3) is 0 Å². The molecule has 1 saturated heterocycles. The van der Waals surface area contributed by atoms with E-state index in [-0.39, 0.29) is 24.6 Å². The number of carbonyl (C=O) groups is 1. The molecule has 3 rings (SSSR count). The van der Waals surface area contributed by atoms with Gasteiger partial charge in [0.2, 0.25) is 0 Å². The molecule has 2 aliphatic rings. The Morgan fingerprint density at radius 3 is 2.42 bits per heavy atom. The molecule has 3 heterocycles. The minimum absolute atomic E-state index is 0.00524. The maximum Gasteiger partial charge on any atom is 0.358 e. The van der Waals surface area contributed by atoms with Crippen LogP contribution in [0.15, 0.2) is 17.3 Å². The highest BCUT2D eigenvalue weighted by Gasteiger charge is 2.66. The molecule has 33 heavy (non-hydrogen) atoms. The summed E-state index contributed by atoms with van der Waals surface area (Å²) in [5, 5.41) is 8.72. The Morgan fingerprint density at radius 1 is 1.24 bits per heavy atom. The highest BCUT2D eigenvalue weighted by atomic mass is 32.2. The zero-order valence-electron chi connectivity index (χ0n) is 19.9.